The summed E-state index contributed by atoms with van der Waals surface area (Å²) in [6.45, 7) is 51.6. The first-order chi connectivity index (χ1) is 53.5. The van der Waals surface area contributed by atoms with Crippen molar-refractivity contribution in [3.63, 3.8) is 0 Å². The van der Waals surface area contributed by atoms with Gasteiger partial charge in [0.15, 0.2) is 25.0 Å². The minimum atomic E-state index is -2.88. The van der Waals surface area contributed by atoms with Crippen molar-refractivity contribution >= 4 is 228 Å². The Kier molecular flexibility index (Phi) is 77.6. The van der Waals surface area contributed by atoms with E-state index in [-0.39, 0.29) is 168 Å². The van der Waals surface area contributed by atoms with Gasteiger partial charge in [0.25, 0.3) is 0 Å². The largest absolute Gasteiger partial charge is 1.00 e. The van der Waals surface area contributed by atoms with Gasteiger partial charge in [-0.15, -0.1) is 13.2 Å². The zero-order valence-electron chi connectivity index (χ0n) is 73.7. The fourth-order valence-corrected chi connectivity index (χ4v) is 14.9. The maximum atomic E-state index is 13.9. The number of halogens is 20. The Morgan fingerprint density at radius 1 is 0.550 bits per heavy atom. The number of esters is 1. The van der Waals surface area contributed by atoms with Gasteiger partial charge in [0.1, 0.15) is 0 Å². The number of rotatable bonds is 28. The van der Waals surface area contributed by atoms with Crippen LogP contribution in [0.1, 0.15) is 128 Å². The van der Waals surface area contributed by atoms with E-state index in [0.717, 1.165) is 74.3 Å². The van der Waals surface area contributed by atoms with E-state index in [1.807, 2.05) is 85.3 Å². The molecule has 3 fully saturated rings. The van der Waals surface area contributed by atoms with Crippen LogP contribution < -0.4 is 89.6 Å². The number of ether oxygens (including phenoxy) is 1. The van der Waals surface area contributed by atoms with Gasteiger partial charge in [-0.05, 0) is 166 Å². The first-order valence-electron chi connectivity index (χ1n) is 37.6. The number of carbonyl (C=O) groups excluding carboxylic acids is 3. The Morgan fingerprint density at radius 2 is 0.900 bits per heavy atom. The van der Waals surface area contributed by atoms with Crippen LogP contribution in [-0.2, 0) is 32.4 Å². The van der Waals surface area contributed by atoms with Crippen molar-refractivity contribution in [3.8, 4) is 0 Å². The number of hydrogen-bond acceptors (Lipinski definition) is 17. The van der Waals surface area contributed by atoms with Gasteiger partial charge < -0.3 is 70.0 Å². The zero-order valence-corrected chi connectivity index (χ0v) is 92.9. The number of benzene rings is 3. The Balaban J connectivity index is -0.000000200. The third kappa shape index (κ3) is 68.4. The fourth-order valence-electron chi connectivity index (χ4n) is 8.52. The molecular formula is C77H126BBr5Cl7F8N6Na2O11Si3. The Labute approximate surface area is 838 Å². The summed E-state index contributed by atoms with van der Waals surface area (Å²) >= 11 is 53.1. The van der Waals surface area contributed by atoms with Crippen LogP contribution >= 0.6 is 161 Å². The summed E-state index contributed by atoms with van der Waals surface area (Å²) < 4.78 is 119. The number of aliphatic hydroxyl groups excluding tert-OH is 3. The minimum absolute atomic E-state index is 0. The second-order valence-corrected chi connectivity index (χ2v) is 54.6. The number of anilines is 3. The summed E-state index contributed by atoms with van der Waals surface area (Å²) in [4.78, 5) is 31.5. The van der Waals surface area contributed by atoms with Crippen molar-refractivity contribution in [2.24, 2.45) is 0 Å². The van der Waals surface area contributed by atoms with Crippen molar-refractivity contribution in [2.45, 2.75) is 206 Å². The van der Waals surface area contributed by atoms with Crippen LogP contribution in [-0.4, -0.2) is 220 Å². The molecule has 687 valence electrons. The first kappa shape index (κ1) is 134. The molecule has 3 heterocycles. The van der Waals surface area contributed by atoms with Crippen LogP contribution in [0, 0.1) is 0 Å². The Hall–Kier alpha value is 1.38. The standard InChI is InChI=1S/C14H18Cl2F2N2O.C10H20Br2F2OSi.C10H21BrF2OSi.2C10H12Cl2N2.C9H20OSi.C6H9ClO3.C4H8O3.C3H6O.CBr2F2.B.2Na.H/c15-11-3-1-4-12(13(11)16)19-6-8-20(9-7-19)14(17,18)5-2-10-21;1-9(2,3)16(4,5)15-7-8(11)6-10(12,13)14;1-9(2,3)15(4,5)14-8-6-7-10(11,12)13;2*11-8-2-1-3-9(10(8)12)14-6-4-13-5-7-14;1-7-8-10-11(5,6)9(2,3)4;1-5(8)10-4-2-3-6(7)9;5-3-1-2-4(6)7;1-2-3-4;2-1(3,4)5;;;;/h1,3-4,21H,2,5-10H2;8H,6-7H2,1-5H3;6-8H2,1-5H3;2*1-3,13H,4-7H2;7H,1,8H2,2-6H3;2-4H2,1H3;5H,1-3H2,(H,6,7);2,4H,1,3H2;;;;;/q;;;;;;;;;;;2*+1;-1/p-1. The van der Waals surface area contributed by atoms with Crippen LogP contribution in [0.4, 0.5) is 52.2 Å². The first-order valence-corrected chi connectivity index (χ1v) is 53.0. The number of aliphatic carboxylic acids is 1. The summed E-state index contributed by atoms with van der Waals surface area (Å²) in [5.74, 6) is -1.43. The molecule has 43 heteroatoms. The monoisotopic (exact) mass is 2240 g/mol. The van der Waals surface area contributed by atoms with Crippen molar-refractivity contribution in [1.29, 1.82) is 0 Å². The molecule has 0 spiro atoms. The topological polar surface area (TPSA) is 209 Å². The molecule has 17 nitrogen and oxygen atoms in total. The van der Waals surface area contributed by atoms with Crippen LogP contribution in [0.25, 0.3) is 0 Å². The normalized spacial score (nSPS) is 14.2. The van der Waals surface area contributed by atoms with Gasteiger partial charge in [0.2, 0.25) is 5.24 Å². The second-order valence-electron chi connectivity index (χ2n) is 30.7. The third-order valence-electron chi connectivity index (χ3n) is 18.0. The number of carbonyl (C=O) groups is 3. The molecule has 0 aliphatic carbocycles. The smallest absolute Gasteiger partial charge is 1.00 e. The van der Waals surface area contributed by atoms with Gasteiger partial charge in [-0.1, -0.05) is 178 Å². The molecule has 120 heavy (non-hydrogen) atoms. The van der Waals surface area contributed by atoms with E-state index in [4.69, 9.17) is 110 Å². The van der Waals surface area contributed by atoms with Crippen molar-refractivity contribution in [2.75, 3.05) is 139 Å². The number of piperazine rings is 3. The van der Waals surface area contributed by atoms with Crippen molar-refractivity contribution in [1.82, 2.24) is 15.5 Å². The summed E-state index contributed by atoms with van der Waals surface area (Å²) in [5.41, 5.74) is 2.86. The number of nitrogens with one attached hydrogen (secondary N) is 2. The maximum Gasteiger partial charge on any atom is 1.00 e. The summed E-state index contributed by atoms with van der Waals surface area (Å²) in [7, 11) is -5.09. The van der Waals surface area contributed by atoms with Gasteiger partial charge in [0, 0.05) is 189 Å². The van der Waals surface area contributed by atoms with E-state index in [1.54, 1.807) is 12.1 Å². The van der Waals surface area contributed by atoms with E-state index in [1.165, 1.54) is 13.0 Å². The summed E-state index contributed by atoms with van der Waals surface area (Å²) in [5, 5.41) is 44.3. The zero-order chi connectivity index (χ0) is 91.6. The SMILES string of the molecule is C=CCO.C=CCO[Si](C)(C)C(C)(C)C.CC(=O)OCCCC(=O)Cl.CC(C)(C)[Si](C)(C)OCC(Br)CC(F)(F)Br.CC(C)(C)[Si](C)(C)OCCCC(F)(F)Br.Clc1cccc(N2CCNCC2)c1Cl.Clc1cccc(N2CCNCC2)c1Cl.FC(F)(Br)Br.O=C([O-])CCCO.OCCCC(F)(F)N1CCN(c2cccc(Cl)c2Cl)CC1.[B].[H-].[Na+].[Na+]. The molecule has 3 saturated heterocycles. The van der Waals surface area contributed by atoms with Crippen LogP contribution in [0.15, 0.2) is 79.9 Å². The molecule has 6 rings (SSSR count). The van der Waals surface area contributed by atoms with Crippen LogP contribution in [0.3, 0.4) is 0 Å². The van der Waals surface area contributed by atoms with E-state index in [2.05, 4.69) is 188 Å². The molecule has 0 amide bonds. The van der Waals surface area contributed by atoms with Gasteiger partial charge in [-0.2, -0.15) is 35.1 Å². The average molecular weight is 2250 g/mol. The van der Waals surface area contributed by atoms with Crippen molar-refractivity contribution in [3.05, 3.63) is 110 Å². The number of alkyl halides is 13. The molecule has 3 aliphatic heterocycles. The molecule has 3 radical (unpaired) electrons. The average Bonchev–Trinajstić information content (AvgIpc) is 0.815. The molecule has 3 aromatic carbocycles. The molecule has 5 N–H and O–H groups in total. The molecule has 0 aromatic heterocycles. The molecule has 3 aliphatic rings. The number of carboxylic acid groups (broad SMARTS) is 1. The summed E-state index contributed by atoms with van der Waals surface area (Å²) in [6, 6.07) is 14.0. The second kappa shape index (κ2) is 69.3. The van der Waals surface area contributed by atoms with Gasteiger partial charge >= 0.3 is 84.5 Å². The molecule has 0 saturated carbocycles. The van der Waals surface area contributed by atoms with Gasteiger partial charge in [-0.25, -0.2) is 4.90 Å². The molecular weight excluding hydrogens is 2130 g/mol. The quantitative estimate of drug-likeness (QED) is 0.00669. The molecule has 1 unspecified atom stereocenters. The van der Waals surface area contributed by atoms with Gasteiger partial charge in [-0.3, -0.25) is 9.59 Å². The number of aliphatic hydroxyl groups is 3. The van der Waals surface area contributed by atoms with E-state index < -0.39 is 55.6 Å². The Morgan fingerprint density at radius 3 is 1.19 bits per heavy atom. The molecule has 1 atom stereocenters. The number of carboxylic acids is 1. The molecule has 0 bridgehead atoms. The van der Waals surface area contributed by atoms with E-state index >= 15 is 0 Å². The maximum absolute atomic E-state index is 13.9. The number of nitrogens with zero attached hydrogens (tertiary/aromatic N) is 4. The van der Waals surface area contributed by atoms with Crippen LogP contribution in [0.5, 0.6) is 0 Å². The fraction of sp³-hybridized carbons (Fsp3) is 0.675. The van der Waals surface area contributed by atoms with Gasteiger partial charge in [0.05, 0.1) is 67.0 Å². The van der Waals surface area contributed by atoms with Crippen molar-refractivity contribution < 1.29 is 148 Å². The Bertz CT molecular complexity index is 3180. The predicted molar refractivity (Wildman–Crippen MR) is 504 cm³/mol. The molecule has 3 aromatic rings. The minimum Gasteiger partial charge on any atom is -1.00 e. The predicted octanol–water partition coefficient (Wildman–Crippen LogP) is 17.2. The van der Waals surface area contributed by atoms with E-state index in [0.29, 0.717) is 87.3 Å². The third-order valence-corrected chi connectivity index (χ3v) is 35.5. The van der Waals surface area contributed by atoms with Crippen LogP contribution in [0.2, 0.25) is 84.5 Å². The number of hydrogen-bond donors (Lipinski definition) is 5. The van der Waals surface area contributed by atoms with E-state index in [9.17, 15) is 54.6 Å². The summed E-state index contributed by atoms with van der Waals surface area (Å²) in [6.07, 6.45) is 4.01.